The highest BCUT2D eigenvalue weighted by Gasteiger charge is 2.18. The average molecular weight is 335 g/mol. The Morgan fingerprint density at radius 1 is 1.23 bits per heavy atom. The summed E-state index contributed by atoms with van der Waals surface area (Å²) in [4.78, 5) is 40.1. The second kappa shape index (κ2) is 5.23. The molecule has 2 aromatic heterocycles. The normalized spacial score (nSPS) is 11.0. The monoisotopic (exact) mass is 334 g/mol. The third-order valence-electron chi connectivity index (χ3n) is 3.39. The number of nitrogens with zero attached hydrogens (tertiary/aromatic N) is 1. The van der Waals surface area contributed by atoms with E-state index in [1.807, 2.05) is 0 Å². The number of aryl methyl sites for hydroxylation is 1. The number of hydrogen-bond donors (Lipinski definition) is 1. The van der Waals surface area contributed by atoms with Crippen molar-refractivity contribution in [3.63, 3.8) is 0 Å². The molecule has 0 saturated heterocycles. The van der Waals surface area contributed by atoms with Crippen LogP contribution in [0.25, 0.3) is 15.9 Å². The van der Waals surface area contributed by atoms with Gasteiger partial charge < -0.3 is 0 Å². The Labute approximate surface area is 133 Å². The lowest BCUT2D eigenvalue weighted by molar-refractivity contribution is 0.102. The molecule has 0 atom stereocenters. The average Bonchev–Trinajstić information content (AvgIpc) is 2.78. The molecule has 0 aliphatic rings. The van der Waals surface area contributed by atoms with Crippen molar-refractivity contribution in [1.82, 2.24) is 9.55 Å². The van der Waals surface area contributed by atoms with Gasteiger partial charge in [0.1, 0.15) is 4.83 Å². The zero-order valence-corrected chi connectivity index (χ0v) is 13.3. The van der Waals surface area contributed by atoms with E-state index in [9.17, 15) is 14.4 Å². The number of aromatic nitrogens is 2. The van der Waals surface area contributed by atoms with Crippen LogP contribution < -0.4 is 11.2 Å². The van der Waals surface area contributed by atoms with Crippen LogP contribution in [-0.4, -0.2) is 15.3 Å². The smallest absolute Gasteiger partial charge is 0.298 e. The number of carbonyl (C=O) groups is 1. The van der Waals surface area contributed by atoms with Gasteiger partial charge in [-0.05, 0) is 43.7 Å². The molecule has 0 bridgehead atoms. The first-order chi connectivity index (χ1) is 10.4. The largest absolute Gasteiger partial charge is 0.334 e. The fourth-order valence-corrected chi connectivity index (χ4v) is 3.59. The number of H-pyrrole nitrogens is 1. The van der Waals surface area contributed by atoms with Crippen molar-refractivity contribution in [3.8, 4) is 5.69 Å². The van der Waals surface area contributed by atoms with Crippen LogP contribution in [0.1, 0.15) is 22.2 Å². The van der Waals surface area contributed by atoms with Crippen LogP contribution in [0.5, 0.6) is 0 Å². The van der Waals surface area contributed by atoms with Crippen molar-refractivity contribution >= 4 is 38.9 Å². The van der Waals surface area contributed by atoms with Gasteiger partial charge in [-0.3, -0.25) is 14.6 Å². The summed E-state index contributed by atoms with van der Waals surface area (Å²) in [6.07, 6.45) is 0. The van der Waals surface area contributed by atoms with Gasteiger partial charge in [-0.25, -0.2) is 9.36 Å². The van der Waals surface area contributed by atoms with E-state index >= 15 is 0 Å². The van der Waals surface area contributed by atoms with Crippen LogP contribution in [0.15, 0.2) is 33.9 Å². The van der Waals surface area contributed by atoms with Crippen molar-refractivity contribution < 1.29 is 4.79 Å². The van der Waals surface area contributed by atoms with Gasteiger partial charge in [0.15, 0.2) is 5.78 Å². The van der Waals surface area contributed by atoms with Crippen molar-refractivity contribution in [2.75, 3.05) is 0 Å². The standard InChI is InChI=1S/C15H11ClN2O3S/c1-7-11-13(22-12(7)8(2)19)17-15(21)18(14(11)20)10-5-3-9(16)4-6-10/h3-6H,1-2H3,(H,17,21). The van der Waals surface area contributed by atoms with Crippen LogP contribution in [0, 0.1) is 6.92 Å². The fourth-order valence-electron chi connectivity index (χ4n) is 2.38. The molecule has 3 rings (SSSR count). The number of rotatable bonds is 2. The van der Waals surface area contributed by atoms with Crippen LogP contribution in [0.3, 0.4) is 0 Å². The predicted molar refractivity (Wildman–Crippen MR) is 87.8 cm³/mol. The summed E-state index contributed by atoms with van der Waals surface area (Å²) in [5.41, 5.74) is 0.0301. The maximum Gasteiger partial charge on any atom is 0.334 e. The Morgan fingerprint density at radius 3 is 2.45 bits per heavy atom. The summed E-state index contributed by atoms with van der Waals surface area (Å²) in [5.74, 6) is -0.128. The second-order valence-corrected chi connectivity index (χ2v) is 6.32. The van der Waals surface area contributed by atoms with E-state index in [4.69, 9.17) is 11.6 Å². The summed E-state index contributed by atoms with van der Waals surface area (Å²) in [6, 6.07) is 6.40. The fraction of sp³-hybridized carbons (Fsp3) is 0.133. The highest BCUT2D eigenvalue weighted by Crippen LogP contribution is 2.26. The number of nitrogens with one attached hydrogen (secondary N) is 1. The van der Waals surface area contributed by atoms with Crippen LogP contribution >= 0.6 is 22.9 Å². The number of ketones is 1. The molecule has 0 amide bonds. The lowest BCUT2D eigenvalue weighted by Crippen LogP contribution is -2.33. The van der Waals surface area contributed by atoms with Crippen LogP contribution in [0.2, 0.25) is 5.02 Å². The summed E-state index contributed by atoms with van der Waals surface area (Å²) in [5, 5.41) is 0.879. The molecule has 22 heavy (non-hydrogen) atoms. The van der Waals surface area contributed by atoms with Gasteiger partial charge >= 0.3 is 5.69 Å². The number of aromatic amines is 1. The molecule has 0 aliphatic carbocycles. The molecule has 1 N–H and O–H groups in total. The minimum absolute atomic E-state index is 0.128. The Hall–Kier alpha value is -2.18. The molecule has 112 valence electrons. The van der Waals surface area contributed by atoms with Crippen LogP contribution in [-0.2, 0) is 0 Å². The molecule has 3 aromatic rings. The van der Waals surface area contributed by atoms with Gasteiger partial charge in [-0.15, -0.1) is 11.3 Å². The summed E-state index contributed by atoms with van der Waals surface area (Å²) in [7, 11) is 0. The Balaban J connectivity index is 2.40. The molecule has 5 nitrogen and oxygen atoms in total. The lowest BCUT2D eigenvalue weighted by Gasteiger charge is -2.05. The maximum atomic E-state index is 12.7. The first-order valence-corrected chi connectivity index (χ1v) is 7.65. The predicted octanol–water partition coefficient (Wildman–Crippen LogP) is 2.90. The maximum absolute atomic E-state index is 12.7. The van der Waals surface area contributed by atoms with E-state index in [1.54, 1.807) is 31.2 Å². The number of hydrogen-bond acceptors (Lipinski definition) is 4. The third kappa shape index (κ3) is 2.20. The zero-order chi connectivity index (χ0) is 16.0. The Kier molecular flexibility index (Phi) is 3.50. The Bertz CT molecular complexity index is 1010. The van der Waals surface area contributed by atoms with Crippen molar-refractivity contribution in [1.29, 1.82) is 0 Å². The first kappa shape index (κ1) is 14.7. The van der Waals surface area contributed by atoms with E-state index in [-0.39, 0.29) is 5.78 Å². The van der Waals surface area contributed by atoms with Crippen molar-refractivity contribution in [2.24, 2.45) is 0 Å². The molecule has 2 heterocycles. The SMILES string of the molecule is CC(=O)c1sc2[nH]c(=O)n(-c3ccc(Cl)cc3)c(=O)c2c1C. The number of Topliss-reactive ketones (excluding diaryl/α,β-unsaturated/α-hetero) is 1. The molecular weight excluding hydrogens is 324 g/mol. The summed E-state index contributed by atoms with van der Waals surface area (Å²) in [6.45, 7) is 3.15. The van der Waals surface area contributed by atoms with E-state index < -0.39 is 11.2 Å². The number of carbonyl (C=O) groups excluding carboxylic acids is 1. The lowest BCUT2D eigenvalue weighted by atomic mass is 10.2. The van der Waals surface area contributed by atoms with Gasteiger partial charge in [0, 0.05) is 5.02 Å². The van der Waals surface area contributed by atoms with E-state index in [2.05, 4.69) is 4.98 Å². The van der Waals surface area contributed by atoms with E-state index in [1.165, 1.54) is 6.92 Å². The minimum Gasteiger partial charge on any atom is -0.298 e. The quantitative estimate of drug-likeness (QED) is 0.732. The topological polar surface area (TPSA) is 71.9 Å². The zero-order valence-electron chi connectivity index (χ0n) is 11.8. The first-order valence-electron chi connectivity index (χ1n) is 6.45. The van der Waals surface area contributed by atoms with Gasteiger partial charge in [0.25, 0.3) is 5.56 Å². The van der Waals surface area contributed by atoms with E-state index in [0.29, 0.717) is 31.4 Å². The summed E-state index contributed by atoms with van der Waals surface area (Å²) >= 11 is 6.96. The molecule has 7 heteroatoms. The van der Waals surface area contributed by atoms with Crippen molar-refractivity contribution in [2.45, 2.75) is 13.8 Å². The molecule has 0 fully saturated rings. The van der Waals surface area contributed by atoms with E-state index in [0.717, 1.165) is 15.9 Å². The highest BCUT2D eigenvalue weighted by molar-refractivity contribution is 7.20. The molecule has 0 unspecified atom stereocenters. The number of benzene rings is 1. The van der Waals surface area contributed by atoms with Crippen LogP contribution in [0.4, 0.5) is 0 Å². The number of fused-ring (bicyclic) bond motifs is 1. The van der Waals surface area contributed by atoms with Gasteiger partial charge in [0.05, 0.1) is 16.0 Å². The molecule has 0 radical (unpaired) electrons. The van der Waals surface area contributed by atoms with Gasteiger partial charge in [-0.2, -0.15) is 0 Å². The third-order valence-corrected chi connectivity index (χ3v) is 4.95. The molecule has 0 aliphatic heterocycles. The van der Waals surface area contributed by atoms with Gasteiger partial charge in [0.2, 0.25) is 0 Å². The van der Waals surface area contributed by atoms with Gasteiger partial charge in [-0.1, -0.05) is 11.6 Å². The molecule has 0 spiro atoms. The minimum atomic E-state index is -0.545. The molecule has 1 aromatic carbocycles. The second-order valence-electron chi connectivity index (χ2n) is 4.86. The Morgan fingerprint density at radius 2 is 1.86 bits per heavy atom. The number of halogens is 1. The molecular formula is C15H11ClN2O3S. The van der Waals surface area contributed by atoms with Crippen molar-refractivity contribution in [3.05, 3.63) is 60.6 Å². The molecule has 0 saturated carbocycles. The highest BCUT2D eigenvalue weighted by atomic mass is 35.5. The summed E-state index contributed by atoms with van der Waals surface area (Å²) < 4.78 is 1.04. The number of thiophene rings is 1.